The Kier molecular flexibility index (Phi) is 6.87. The lowest BCUT2D eigenvalue weighted by atomic mass is 10.0. The SMILES string of the molecule is CCOC(=O)Cc1ccccc1OCCc1coc2ccc(-c3cccc(CN)c3)cc12. The monoisotopic (exact) mass is 429 g/mol. The topological polar surface area (TPSA) is 74.7 Å². The second kappa shape index (κ2) is 10.2. The van der Waals surface area contributed by atoms with Crippen LogP contribution in [0.1, 0.15) is 23.6 Å². The molecule has 164 valence electrons. The van der Waals surface area contributed by atoms with Crippen molar-refractivity contribution in [2.45, 2.75) is 26.3 Å². The molecule has 4 rings (SSSR count). The van der Waals surface area contributed by atoms with E-state index in [1.807, 2.05) is 42.5 Å². The van der Waals surface area contributed by atoms with Gasteiger partial charge in [-0.15, -0.1) is 0 Å². The number of furan rings is 1. The van der Waals surface area contributed by atoms with Crippen molar-refractivity contribution in [1.82, 2.24) is 0 Å². The lowest BCUT2D eigenvalue weighted by Gasteiger charge is -2.11. The molecule has 0 aliphatic carbocycles. The maximum absolute atomic E-state index is 11.9. The fourth-order valence-electron chi connectivity index (χ4n) is 3.76. The summed E-state index contributed by atoms with van der Waals surface area (Å²) in [6.07, 6.45) is 2.68. The zero-order chi connectivity index (χ0) is 22.3. The first kappa shape index (κ1) is 21.7. The average molecular weight is 430 g/mol. The van der Waals surface area contributed by atoms with Crippen LogP contribution in [0.5, 0.6) is 5.75 Å². The van der Waals surface area contributed by atoms with E-state index in [4.69, 9.17) is 19.6 Å². The second-order valence-electron chi connectivity index (χ2n) is 7.56. The number of nitrogens with two attached hydrogens (primary N) is 1. The third-order valence-electron chi connectivity index (χ3n) is 5.39. The molecule has 32 heavy (non-hydrogen) atoms. The molecule has 5 nitrogen and oxygen atoms in total. The van der Waals surface area contributed by atoms with Crippen molar-refractivity contribution in [2.75, 3.05) is 13.2 Å². The second-order valence-corrected chi connectivity index (χ2v) is 7.56. The summed E-state index contributed by atoms with van der Waals surface area (Å²) in [4.78, 5) is 11.9. The molecular weight excluding hydrogens is 402 g/mol. The van der Waals surface area contributed by atoms with Crippen molar-refractivity contribution in [1.29, 1.82) is 0 Å². The third kappa shape index (κ3) is 5.01. The quantitative estimate of drug-likeness (QED) is 0.366. The standard InChI is InChI=1S/C27H27NO4/c1-2-30-27(29)16-22-7-3-4-9-25(22)31-13-12-23-18-32-26-11-10-21(15-24(23)26)20-8-5-6-19(14-20)17-28/h3-11,14-15,18H,2,12-13,16-17,28H2,1H3. The minimum atomic E-state index is -0.254. The Morgan fingerprint density at radius 1 is 0.969 bits per heavy atom. The van der Waals surface area contributed by atoms with Gasteiger partial charge in [-0.25, -0.2) is 0 Å². The molecule has 0 spiro atoms. The Morgan fingerprint density at radius 3 is 2.66 bits per heavy atom. The molecule has 0 radical (unpaired) electrons. The van der Waals surface area contributed by atoms with E-state index >= 15 is 0 Å². The minimum Gasteiger partial charge on any atom is -0.493 e. The summed E-state index contributed by atoms with van der Waals surface area (Å²) in [6, 6.07) is 22.0. The van der Waals surface area contributed by atoms with Crippen LogP contribution in [-0.4, -0.2) is 19.2 Å². The van der Waals surface area contributed by atoms with Crippen LogP contribution in [0.2, 0.25) is 0 Å². The Bertz CT molecular complexity index is 1210. The molecule has 5 heteroatoms. The molecule has 1 aromatic heterocycles. The van der Waals surface area contributed by atoms with Gasteiger partial charge < -0.3 is 19.6 Å². The molecule has 0 bridgehead atoms. The first-order valence-corrected chi connectivity index (χ1v) is 10.8. The molecule has 0 atom stereocenters. The van der Waals surface area contributed by atoms with Gasteiger partial charge in [-0.3, -0.25) is 4.79 Å². The Morgan fingerprint density at radius 2 is 1.81 bits per heavy atom. The van der Waals surface area contributed by atoms with E-state index in [2.05, 4.69) is 24.3 Å². The third-order valence-corrected chi connectivity index (χ3v) is 5.39. The molecule has 0 saturated carbocycles. The number of carbonyl (C=O) groups excluding carboxylic acids is 1. The van der Waals surface area contributed by atoms with Crippen LogP contribution in [0.15, 0.2) is 77.4 Å². The highest BCUT2D eigenvalue weighted by Crippen LogP contribution is 2.29. The van der Waals surface area contributed by atoms with E-state index in [9.17, 15) is 4.79 Å². The van der Waals surface area contributed by atoms with Crippen molar-refractivity contribution in [3.05, 3.63) is 89.7 Å². The van der Waals surface area contributed by atoms with Crippen LogP contribution < -0.4 is 10.5 Å². The summed E-state index contributed by atoms with van der Waals surface area (Å²) in [5.74, 6) is 0.447. The summed E-state index contributed by atoms with van der Waals surface area (Å²) in [6.45, 7) is 3.16. The van der Waals surface area contributed by atoms with Crippen LogP contribution in [-0.2, 0) is 28.9 Å². The summed E-state index contributed by atoms with van der Waals surface area (Å²) < 4.78 is 16.8. The Balaban J connectivity index is 1.48. The Labute approximate surface area is 187 Å². The van der Waals surface area contributed by atoms with Crippen LogP contribution in [0.4, 0.5) is 0 Å². The number of rotatable bonds is 9. The van der Waals surface area contributed by atoms with E-state index in [0.29, 0.717) is 31.9 Å². The zero-order valence-electron chi connectivity index (χ0n) is 18.2. The summed E-state index contributed by atoms with van der Waals surface area (Å²) in [5.41, 5.74) is 11.9. The van der Waals surface area contributed by atoms with Gasteiger partial charge in [0, 0.05) is 29.5 Å². The predicted molar refractivity (Wildman–Crippen MR) is 126 cm³/mol. The van der Waals surface area contributed by atoms with E-state index in [-0.39, 0.29) is 12.4 Å². The first-order valence-electron chi connectivity index (χ1n) is 10.8. The number of carbonyl (C=O) groups is 1. The molecule has 3 aromatic carbocycles. The van der Waals surface area contributed by atoms with Crippen LogP contribution in [0.25, 0.3) is 22.1 Å². The lowest BCUT2D eigenvalue weighted by molar-refractivity contribution is -0.142. The highest BCUT2D eigenvalue weighted by molar-refractivity contribution is 5.86. The molecule has 4 aromatic rings. The maximum atomic E-state index is 11.9. The number of para-hydroxylation sites is 1. The van der Waals surface area contributed by atoms with Crippen molar-refractivity contribution >= 4 is 16.9 Å². The van der Waals surface area contributed by atoms with E-state index in [1.165, 1.54) is 0 Å². The summed E-state index contributed by atoms with van der Waals surface area (Å²) in [5, 5.41) is 1.07. The largest absolute Gasteiger partial charge is 0.493 e. The molecule has 0 unspecified atom stereocenters. The number of fused-ring (bicyclic) bond motifs is 1. The number of hydrogen-bond acceptors (Lipinski definition) is 5. The molecule has 1 heterocycles. The summed E-state index contributed by atoms with van der Waals surface area (Å²) in [7, 11) is 0. The van der Waals surface area contributed by atoms with E-state index in [0.717, 1.165) is 38.8 Å². The predicted octanol–water partition coefficient (Wildman–Crippen LogP) is 5.29. The molecule has 0 aliphatic rings. The van der Waals surface area contributed by atoms with Crippen LogP contribution in [0, 0.1) is 0 Å². The number of ether oxygens (including phenoxy) is 2. The Hall–Kier alpha value is -3.57. The minimum absolute atomic E-state index is 0.198. The molecule has 0 aliphatic heterocycles. The highest BCUT2D eigenvalue weighted by Gasteiger charge is 2.11. The van der Waals surface area contributed by atoms with Gasteiger partial charge in [-0.2, -0.15) is 0 Å². The normalized spacial score (nSPS) is 10.9. The van der Waals surface area contributed by atoms with E-state index < -0.39 is 0 Å². The van der Waals surface area contributed by atoms with Gasteiger partial charge in [0.05, 0.1) is 25.9 Å². The van der Waals surface area contributed by atoms with Gasteiger partial charge in [-0.05, 0) is 47.9 Å². The van der Waals surface area contributed by atoms with Gasteiger partial charge in [0.2, 0.25) is 0 Å². The molecule has 0 saturated heterocycles. The van der Waals surface area contributed by atoms with Gasteiger partial charge in [0.1, 0.15) is 11.3 Å². The van der Waals surface area contributed by atoms with Gasteiger partial charge >= 0.3 is 5.97 Å². The molecule has 0 fully saturated rings. The van der Waals surface area contributed by atoms with Crippen molar-refractivity contribution in [3.63, 3.8) is 0 Å². The molecule has 2 N–H and O–H groups in total. The molecule has 0 amide bonds. The van der Waals surface area contributed by atoms with Gasteiger partial charge in [0.25, 0.3) is 0 Å². The lowest BCUT2D eigenvalue weighted by Crippen LogP contribution is -2.10. The average Bonchev–Trinajstić information content (AvgIpc) is 3.22. The summed E-state index contributed by atoms with van der Waals surface area (Å²) >= 11 is 0. The fourth-order valence-corrected chi connectivity index (χ4v) is 3.76. The number of hydrogen-bond donors (Lipinski definition) is 1. The smallest absolute Gasteiger partial charge is 0.310 e. The van der Waals surface area contributed by atoms with Crippen molar-refractivity contribution < 1.29 is 18.7 Å². The van der Waals surface area contributed by atoms with E-state index in [1.54, 1.807) is 13.2 Å². The van der Waals surface area contributed by atoms with Gasteiger partial charge in [0.15, 0.2) is 0 Å². The first-order chi connectivity index (χ1) is 15.7. The highest BCUT2D eigenvalue weighted by atomic mass is 16.5. The number of esters is 1. The molecular formula is C27H27NO4. The van der Waals surface area contributed by atoms with Crippen molar-refractivity contribution in [3.8, 4) is 16.9 Å². The number of benzene rings is 3. The maximum Gasteiger partial charge on any atom is 0.310 e. The van der Waals surface area contributed by atoms with Crippen LogP contribution >= 0.6 is 0 Å². The van der Waals surface area contributed by atoms with Crippen molar-refractivity contribution in [2.24, 2.45) is 5.73 Å². The van der Waals surface area contributed by atoms with Crippen LogP contribution in [0.3, 0.4) is 0 Å². The zero-order valence-corrected chi connectivity index (χ0v) is 18.2. The fraction of sp³-hybridized carbons (Fsp3) is 0.222. The van der Waals surface area contributed by atoms with Gasteiger partial charge in [-0.1, -0.05) is 42.5 Å².